The number of halogens is 2. The number of rotatable bonds is 5. The van der Waals surface area contributed by atoms with E-state index in [0.29, 0.717) is 0 Å². The van der Waals surface area contributed by atoms with Gasteiger partial charge in [0.15, 0.2) is 0 Å². The van der Waals surface area contributed by atoms with Gasteiger partial charge in [-0.2, -0.15) is 0 Å². The molecule has 0 nitrogen and oxygen atoms in total. The van der Waals surface area contributed by atoms with E-state index in [9.17, 15) is 0 Å². The molecule has 0 radical (unpaired) electrons. The van der Waals surface area contributed by atoms with Gasteiger partial charge >= 0.3 is 0 Å². The molecule has 0 aliphatic carbocycles. The van der Waals surface area contributed by atoms with Crippen molar-refractivity contribution in [3.05, 3.63) is 91.0 Å². The molecule has 0 fully saturated rings. The second-order valence-electron chi connectivity index (χ2n) is 5.52. The first-order valence-electron chi connectivity index (χ1n) is 8.46. The highest BCUT2D eigenvalue weighted by Crippen LogP contribution is 2.32. The summed E-state index contributed by atoms with van der Waals surface area (Å²) < 4.78 is 0. The van der Waals surface area contributed by atoms with Crippen LogP contribution in [0.15, 0.2) is 91.0 Å². The van der Waals surface area contributed by atoms with Crippen LogP contribution in [-0.2, 0) is 0 Å². The molecular formula is C22H25Cl2P. The van der Waals surface area contributed by atoms with Crippen LogP contribution in [-0.4, -0.2) is 5.88 Å². The average molecular weight is 391 g/mol. The Kier molecular flexibility index (Phi) is 11.2. The second-order valence-corrected chi connectivity index (χ2v) is 8.38. The first-order valence-corrected chi connectivity index (χ1v) is 10.5. The molecule has 0 N–H and O–H groups in total. The molecule has 3 aromatic carbocycles. The van der Waals surface area contributed by atoms with Gasteiger partial charge in [0.25, 0.3) is 0 Å². The maximum atomic E-state index is 5.30. The van der Waals surface area contributed by atoms with Crippen LogP contribution in [0.4, 0.5) is 0 Å². The predicted octanol–water partition coefficient (Wildman–Crippen LogP) is 2.21. The Morgan fingerprint density at radius 3 is 1.16 bits per heavy atom. The average Bonchev–Trinajstić information content (AvgIpc) is 2.66. The van der Waals surface area contributed by atoms with E-state index >= 15 is 0 Å². The molecule has 0 aliphatic heterocycles. The summed E-state index contributed by atoms with van der Waals surface area (Å²) in [4.78, 5) is 0. The Balaban J connectivity index is 0.000000462. The Hall–Kier alpha value is -1.33. The second kappa shape index (κ2) is 13.0. The predicted molar refractivity (Wildman–Crippen MR) is 112 cm³/mol. The summed E-state index contributed by atoms with van der Waals surface area (Å²) in [5, 5.41) is 4.31. The van der Waals surface area contributed by atoms with Gasteiger partial charge in [-0.05, 0) is 42.8 Å². The number of unbranched alkanes of at least 4 members (excludes halogenated alkanes) is 1. The number of hydrogen-bond acceptors (Lipinski definition) is 0. The minimum absolute atomic E-state index is 0. The largest absolute Gasteiger partial charge is 1.00 e. The summed E-state index contributed by atoms with van der Waals surface area (Å²) in [5.74, 6) is 0.816. The monoisotopic (exact) mass is 390 g/mol. The third kappa shape index (κ3) is 7.20. The van der Waals surface area contributed by atoms with Crippen molar-refractivity contribution in [1.82, 2.24) is 0 Å². The van der Waals surface area contributed by atoms with Gasteiger partial charge in [-0.1, -0.05) is 67.9 Å². The fourth-order valence-corrected chi connectivity index (χ4v) is 5.29. The standard InChI is InChI=1S/C18H15P.C4H9Cl.ClH/c1-4-10-16(11-5-1)19(17-12-6-2-7-13-17)18-14-8-3-9-15-18;1-2-3-4-5;/h1-15H;2-4H2,1H3;1H. The van der Waals surface area contributed by atoms with Crippen LogP contribution in [0.1, 0.15) is 19.8 Å². The van der Waals surface area contributed by atoms with Crippen molar-refractivity contribution in [2.24, 2.45) is 0 Å². The molecule has 0 amide bonds. The molecule has 0 aliphatic rings. The summed E-state index contributed by atoms with van der Waals surface area (Å²) in [6, 6.07) is 32.5. The lowest BCUT2D eigenvalue weighted by Crippen LogP contribution is -3.00. The Labute approximate surface area is 164 Å². The minimum Gasteiger partial charge on any atom is -1.00 e. The zero-order valence-corrected chi connectivity index (χ0v) is 17.0. The van der Waals surface area contributed by atoms with Crippen molar-refractivity contribution in [2.45, 2.75) is 19.8 Å². The van der Waals surface area contributed by atoms with E-state index in [1.54, 1.807) is 0 Å². The van der Waals surface area contributed by atoms with Crippen molar-refractivity contribution in [1.29, 1.82) is 0 Å². The van der Waals surface area contributed by atoms with Gasteiger partial charge in [-0.25, -0.2) is 0 Å². The quantitative estimate of drug-likeness (QED) is 0.462. The van der Waals surface area contributed by atoms with Crippen LogP contribution >= 0.6 is 19.5 Å². The van der Waals surface area contributed by atoms with Crippen LogP contribution in [0.2, 0.25) is 0 Å². The van der Waals surface area contributed by atoms with E-state index in [0.717, 1.165) is 12.3 Å². The molecule has 25 heavy (non-hydrogen) atoms. The molecule has 0 unspecified atom stereocenters. The highest BCUT2D eigenvalue weighted by molar-refractivity contribution is 7.79. The van der Waals surface area contributed by atoms with Crippen molar-refractivity contribution in [2.75, 3.05) is 5.88 Å². The molecule has 3 heteroatoms. The zero-order valence-electron chi connectivity index (χ0n) is 14.5. The van der Waals surface area contributed by atoms with E-state index in [1.807, 2.05) is 0 Å². The molecule has 0 heterocycles. The van der Waals surface area contributed by atoms with Gasteiger partial charge < -0.3 is 12.4 Å². The van der Waals surface area contributed by atoms with Gasteiger partial charge in [0, 0.05) is 5.88 Å². The molecule has 132 valence electrons. The maximum Gasteiger partial charge on any atom is 0.102 e. The van der Waals surface area contributed by atoms with E-state index in [4.69, 9.17) is 11.6 Å². The summed E-state index contributed by atoms with van der Waals surface area (Å²) in [5.41, 5.74) is 0. The molecule has 0 saturated carbocycles. The van der Waals surface area contributed by atoms with Gasteiger partial charge in [0.05, 0.1) is 7.92 Å². The molecule has 0 aromatic heterocycles. The van der Waals surface area contributed by atoms with Crippen molar-refractivity contribution in [3.8, 4) is 0 Å². The smallest absolute Gasteiger partial charge is 0.102 e. The lowest BCUT2D eigenvalue weighted by Gasteiger charge is -2.10. The first-order chi connectivity index (χ1) is 11.9. The SMILES string of the molecule is CCCCCl.[Cl-].c1ccc([PH+](c2ccccc2)c2ccccc2)cc1. The third-order valence-electron chi connectivity index (χ3n) is 3.67. The van der Waals surface area contributed by atoms with Gasteiger partial charge in [-0.3, -0.25) is 0 Å². The topological polar surface area (TPSA) is 0 Å². The zero-order chi connectivity index (χ0) is 17.0. The highest BCUT2D eigenvalue weighted by Gasteiger charge is 2.24. The van der Waals surface area contributed by atoms with Crippen molar-refractivity contribution in [3.63, 3.8) is 0 Å². The summed E-state index contributed by atoms with van der Waals surface area (Å²) in [6.45, 7) is 2.13. The van der Waals surface area contributed by atoms with E-state index < -0.39 is 7.92 Å². The Morgan fingerprint density at radius 2 is 0.960 bits per heavy atom. The maximum absolute atomic E-state index is 5.30. The van der Waals surface area contributed by atoms with Crippen LogP contribution in [0.3, 0.4) is 0 Å². The van der Waals surface area contributed by atoms with Gasteiger partial charge in [-0.15, -0.1) is 11.6 Å². The lowest BCUT2D eigenvalue weighted by atomic mass is 10.4. The van der Waals surface area contributed by atoms with Gasteiger partial charge in [0.2, 0.25) is 0 Å². The van der Waals surface area contributed by atoms with Gasteiger partial charge in [0.1, 0.15) is 15.9 Å². The van der Waals surface area contributed by atoms with Crippen LogP contribution < -0.4 is 28.3 Å². The Morgan fingerprint density at radius 1 is 0.640 bits per heavy atom. The molecule has 0 spiro atoms. The molecule has 3 rings (SSSR count). The molecule has 0 saturated heterocycles. The van der Waals surface area contributed by atoms with Crippen LogP contribution in [0, 0.1) is 0 Å². The summed E-state index contributed by atoms with van der Waals surface area (Å²) in [6.07, 6.45) is 2.37. The van der Waals surface area contributed by atoms with Crippen LogP contribution in [0.25, 0.3) is 0 Å². The molecule has 0 atom stereocenters. The number of benzene rings is 3. The van der Waals surface area contributed by atoms with E-state index in [-0.39, 0.29) is 12.4 Å². The highest BCUT2D eigenvalue weighted by atomic mass is 35.5. The lowest BCUT2D eigenvalue weighted by molar-refractivity contribution is -0.00000467. The Bertz CT molecular complexity index is 576. The fourth-order valence-electron chi connectivity index (χ4n) is 2.45. The van der Waals surface area contributed by atoms with Crippen molar-refractivity contribution < 1.29 is 12.4 Å². The van der Waals surface area contributed by atoms with E-state index in [2.05, 4.69) is 97.9 Å². The normalized spacial score (nSPS) is 9.72. The third-order valence-corrected chi connectivity index (χ3v) is 6.67. The minimum atomic E-state index is -0.877. The molecule has 3 aromatic rings. The first kappa shape index (κ1) is 21.7. The van der Waals surface area contributed by atoms with E-state index in [1.165, 1.54) is 22.3 Å². The molecular weight excluding hydrogens is 366 g/mol. The fraction of sp³-hybridized carbons (Fsp3) is 0.182. The summed E-state index contributed by atoms with van der Waals surface area (Å²) >= 11 is 5.30. The summed E-state index contributed by atoms with van der Waals surface area (Å²) in [7, 11) is -0.877. The van der Waals surface area contributed by atoms with Crippen molar-refractivity contribution >= 4 is 35.4 Å². The number of hydrogen-bond donors (Lipinski definition) is 0. The van der Waals surface area contributed by atoms with Crippen LogP contribution in [0.5, 0.6) is 0 Å². The number of alkyl halides is 1. The molecule has 0 bridgehead atoms.